The average Bonchev–Trinajstić information content (AvgIpc) is 3.53. The predicted molar refractivity (Wildman–Crippen MR) is 108 cm³/mol. The fourth-order valence-corrected chi connectivity index (χ4v) is 3.73. The quantitative estimate of drug-likeness (QED) is 0.595. The van der Waals surface area contributed by atoms with Gasteiger partial charge in [0.25, 0.3) is 0 Å². The lowest BCUT2D eigenvalue weighted by atomic mass is 10.2. The summed E-state index contributed by atoms with van der Waals surface area (Å²) >= 11 is 0. The number of hydrogen-bond donors (Lipinski definition) is 1. The van der Waals surface area contributed by atoms with Crippen molar-refractivity contribution in [3.05, 3.63) is 24.3 Å². The van der Waals surface area contributed by atoms with Gasteiger partial charge in [0.15, 0.2) is 5.96 Å². The van der Waals surface area contributed by atoms with Gasteiger partial charge in [-0.15, -0.1) is 0 Å². The maximum Gasteiger partial charge on any atom is 0.193 e. The lowest BCUT2D eigenvalue weighted by Gasteiger charge is -2.38. The highest BCUT2D eigenvalue weighted by molar-refractivity contribution is 5.80. The number of nitrogens with one attached hydrogen (secondary N) is 1. The number of methoxy groups -OCH3 is 1. The second-order valence-corrected chi connectivity index (χ2v) is 6.98. The number of benzene rings is 1. The van der Waals surface area contributed by atoms with E-state index in [1.54, 1.807) is 7.11 Å². The van der Waals surface area contributed by atoms with E-state index in [1.165, 1.54) is 18.5 Å². The molecule has 2 fully saturated rings. The SMILES string of the molecule is CCN(CCNC(=NC)N1CCN(c2ccccc2OC)CC1)C1CC1. The molecule has 144 valence electrons. The molecule has 0 radical (unpaired) electrons. The standard InChI is InChI=1S/C20H33N5O/c1-4-23(17-9-10-17)12-11-22-20(21-2)25-15-13-24(14-16-25)18-7-5-6-8-19(18)26-3/h5-8,17H,4,9-16H2,1-3H3,(H,21,22). The molecule has 6 heteroatoms. The van der Waals surface area contributed by atoms with E-state index in [1.807, 2.05) is 19.2 Å². The molecule has 1 aliphatic heterocycles. The highest BCUT2D eigenvalue weighted by Gasteiger charge is 2.27. The lowest BCUT2D eigenvalue weighted by molar-refractivity contribution is 0.279. The first kappa shape index (κ1) is 18.8. The summed E-state index contributed by atoms with van der Waals surface area (Å²) in [6, 6.07) is 9.09. The lowest BCUT2D eigenvalue weighted by Crippen LogP contribution is -2.53. The third kappa shape index (κ3) is 4.61. The van der Waals surface area contributed by atoms with E-state index in [0.29, 0.717) is 0 Å². The summed E-state index contributed by atoms with van der Waals surface area (Å²) in [5.74, 6) is 1.97. The highest BCUT2D eigenvalue weighted by atomic mass is 16.5. The molecule has 3 rings (SSSR count). The Morgan fingerprint density at radius 1 is 1.23 bits per heavy atom. The molecule has 0 unspecified atom stereocenters. The van der Waals surface area contributed by atoms with Crippen molar-refractivity contribution in [1.82, 2.24) is 15.1 Å². The Kier molecular flexibility index (Phi) is 6.61. The van der Waals surface area contributed by atoms with Gasteiger partial charge in [0, 0.05) is 52.4 Å². The van der Waals surface area contributed by atoms with Crippen molar-refractivity contribution in [2.75, 3.05) is 64.9 Å². The Bertz CT molecular complexity index is 594. The molecular formula is C20H33N5O. The fraction of sp³-hybridized carbons (Fsp3) is 0.650. The Balaban J connectivity index is 1.48. The van der Waals surface area contributed by atoms with Crippen LogP contribution in [0.1, 0.15) is 19.8 Å². The summed E-state index contributed by atoms with van der Waals surface area (Å²) in [6.07, 6.45) is 2.74. The summed E-state index contributed by atoms with van der Waals surface area (Å²) in [7, 11) is 3.62. The van der Waals surface area contributed by atoms with E-state index in [-0.39, 0.29) is 0 Å². The van der Waals surface area contributed by atoms with Crippen LogP contribution in [-0.2, 0) is 0 Å². The van der Waals surface area contributed by atoms with Gasteiger partial charge in [-0.05, 0) is 31.5 Å². The molecule has 26 heavy (non-hydrogen) atoms. The predicted octanol–water partition coefficient (Wildman–Crippen LogP) is 1.88. The maximum atomic E-state index is 5.51. The molecule has 1 heterocycles. The Hall–Kier alpha value is -1.95. The van der Waals surface area contributed by atoms with Gasteiger partial charge >= 0.3 is 0 Å². The number of aliphatic imine (C=N–C) groups is 1. The number of ether oxygens (including phenoxy) is 1. The average molecular weight is 360 g/mol. The van der Waals surface area contributed by atoms with Crippen molar-refractivity contribution >= 4 is 11.6 Å². The van der Waals surface area contributed by atoms with E-state index < -0.39 is 0 Å². The van der Waals surface area contributed by atoms with Gasteiger partial charge in [0.2, 0.25) is 0 Å². The minimum Gasteiger partial charge on any atom is -0.495 e. The number of nitrogens with zero attached hydrogens (tertiary/aromatic N) is 4. The van der Waals surface area contributed by atoms with E-state index in [0.717, 1.165) is 63.6 Å². The van der Waals surface area contributed by atoms with Gasteiger partial charge in [-0.2, -0.15) is 0 Å². The van der Waals surface area contributed by atoms with Gasteiger partial charge in [-0.1, -0.05) is 19.1 Å². The molecule has 0 spiro atoms. The topological polar surface area (TPSA) is 43.3 Å². The molecule has 2 aliphatic rings. The monoisotopic (exact) mass is 359 g/mol. The third-order valence-corrected chi connectivity index (χ3v) is 5.37. The number of rotatable bonds is 7. The number of piperazine rings is 1. The van der Waals surface area contributed by atoms with Crippen LogP contribution in [0.5, 0.6) is 5.75 Å². The molecule has 0 bridgehead atoms. The minimum absolute atomic E-state index is 0.827. The summed E-state index contributed by atoms with van der Waals surface area (Å²) in [5, 5.41) is 3.55. The number of para-hydroxylation sites is 2. The fourth-order valence-electron chi connectivity index (χ4n) is 3.73. The van der Waals surface area contributed by atoms with E-state index in [9.17, 15) is 0 Å². The molecular weight excluding hydrogens is 326 g/mol. The molecule has 1 aromatic carbocycles. The summed E-state index contributed by atoms with van der Waals surface area (Å²) in [5.41, 5.74) is 1.18. The first-order valence-corrected chi connectivity index (χ1v) is 9.84. The van der Waals surface area contributed by atoms with Crippen LogP contribution in [0.15, 0.2) is 29.3 Å². The molecule has 1 saturated heterocycles. The van der Waals surface area contributed by atoms with Crippen LogP contribution < -0.4 is 15.0 Å². The van der Waals surface area contributed by atoms with Gasteiger partial charge in [0.1, 0.15) is 5.75 Å². The van der Waals surface area contributed by atoms with Crippen molar-refractivity contribution in [3.8, 4) is 5.75 Å². The Morgan fingerprint density at radius 3 is 2.58 bits per heavy atom. The van der Waals surface area contributed by atoms with Crippen molar-refractivity contribution in [2.24, 2.45) is 4.99 Å². The second-order valence-electron chi connectivity index (χ2n) is 6.98. The van der Waals surface area contributed by atoms with Crippen LogP contribution in [0.3, 0.4) is 0 Å². The molecule has 0 aromatic heterocycles. The number of anilines is 1. The number of guanidine groups is 1. The van der Waals surface area contributed by atoms with E-state index in [4.69, 9.17) is 4.74 Å². The number of hydrogen-bond acceptors (Lipinski definition) is 4. The first-order chi connectivity index (χ1) is 12.8. The molecule has 0 atom stereocenters. The van der Waals surface area contributed by atoms with Gasteiger partial charge in [-0.3, -0.25) is 9.89 Å². The Morgan fingerprint density at radius 2 is 1.96 bits per heavy atom. The zero-order chi connectivity index (χ0) is 18.4. The maximum absolute atomic E-state index is 5.51. The Labute approximate surface area is 157 Å². The minimum atomic E-state index is 0.827. The van der Waals surface area contributed by atoms with E-state index >= 15 is 0 Å². The largest absolute Gasteiger partial charge is 0.495 e. The first-order valence-electron chi connectivity index (χ1n) is 9.84. The third-order valence-electron chi connectivity index (χ3n) is 5.37. The van der Waals surface area contributed by atoms with Crippen LogP contribution >= 0.6 is 0 Å². The molecule has 1 saturated carbocycles. The van der Waals surface area contributed by atoms with Crippen molar-refractivity contribution < 1.29 is 4.74 Å². The zero-order valence-electron chi connectivity index (χ0n) is 16.4. The zero-order valence-corrected chi connectivity index (χ0v) is 16.4. The molecule has 1 aliphatic carbocycles. The second kappa shape index (κ2) is 9.12. The summed E-state index contributed by atoms with van der Waals surface area (Å²) in [4.78, 5) is 11.8. The van der Waals surface area contributed by atoms with E-state index in [2.05, 4.69) is 44.1 Å². The summed E-state index contributed by atoms with van der Waals surface area (Å²) < 4.78 is 5.51. The summed E-state index contributed by atoms with van der Waals surface area (Å²) in [6.45, 7) is 9.35. The number of likely N-dealkylation sites (N-methyl/N-ethyl adjacent to an activating group) is 1. The van der Waals surface area contributed by atoms with Crippen molar-refractivity contribution in [1.29, 1.82) is 0 Å². The smallest absolute Gasteiger partial charge is 0.193 e. The van der Waals surface area contributed by atoms with Crippen LogP contribution in [0.4, 0.5) is 5.69 Å². The normalized spacial score (nSPS) is 18.4. The van der Waals surface area contributed by atoms with Crippen LogP contribution in [0.2, 0.25) is 0 Å². The van der Waals surface area contributed by atoms with Crippen molar-refractivity contribution in [3.63, 3.8) is 0 Å². The molecule has 6 nitrogen and oxygen atoms in total. The van der Waals surface area contributed by atoms with Gasteiger partial charge in [0.05, 0.1) is 12.8 Å². The highest BCUT2D eigenvalue weighted by Crippen LogP contribution is 2.28. The van der Waals surface area contributed by atoms with Crippen LogP contribution in [-0.4, -0.2) is 81.8 Å². The van der Waals surface area contributed by atoms with Gasteiger partial charge in [-0.25, -0.2) is 0 Å². The van der Waals surface area contributed by atoms with Crippen molar-refractivity contribution in [2.45, 2.75) is 25.8 Å². The van der Waals surface area contributed by atoms with Crippen LogP contribution in [0, 0.1) is 0 Å². The molecule has 1 N–H and O–H groups in total. The van der Waals surface area contributed by atoms with Crippen LogP contribution in [0.25, 0.3) is 0 Å². The molecule has 1 aromatic rings. The van der Waals surface area contributed by atoms with Gasteiger partial charge < -0.3 is 19.9 Å². The molecule has 0 amide bonds.